The normalized spacial score (nSPS) is 11.9. The first-order chi connectivity index (χ1) is 10.6. The summed E-state index contributed by atoms with van der Waals surface area (Å²) < 4.78 is 17.4. The number of methoxy groups -OCH3 is 1. The van der Waals surface area contributed by atoms with Gasteiger partial charge >= 0.3 is 0 Å². The Morgan fingerprint density at radius 1 is 1.23 bits per heavy atom. The quantitative estimate of drug-likeness (QED) is 0.845. The Hall–Kier alpha value is -1.66. The lowest BCUT2D eigenvalue weighted by Gasteiger charge is -2.08. The summed E-state index contributed by atoms with van der Waals surface area (Å²) in [5.41, 5.74) is 0. The van der Waals surface area contributed by atoms with E-state index in [1.165, 1.54) is 12.0 Å². The van der Waals surface area contributed by atoms with E-state index >= 15 is 0 Å². The highest BCUT2D eigenvalue weighted by Crippen LogP contribution is 2.21. The Morgan fingerprint density at radius 3 is 2.64 bits per heavy atom. The molecule has 1 aromatic carbocycles. The van der Waals surface area contributed by atoms with Gasteiger partial charge in [-0.1, -0.05) is 19.1 Å². The zero-order chi connectivity index (χ0) is 15.9. The number of benzene rings is 1. The SMILES string of the molecule is CCc1ccc(CNC(=O)C[S@@](=O)c2ccccc2OC)s1. The van der Waals surface area contributed by atoms with Crippen molar-refractivity contribution in [1.29, 1.82) is 0 Å². The number of aryl methyl sites for hydroxylation is 1. The Balaban J connectivity index is 1.90. The molecule has 0 aliphatic carbocycles. The van der Waals surface area contributed by atoms with Crippen LogP contribution in [0, 0.1) is 0 Å². The minimum absolute atomic E-state index is 0.0631. The van der Waals surface area contributed by atoms with Gasteiger partial charge in [-0.05, 0) is 30.7 Å². The summed E-state index contributed by atoms with van der Waals surface area (Å²) in [6.07, 6.45) is 0.996. The fourth-order valence-corrected chi connectivity index (χ4v) is 3.95. The van der Waals surface area contributed by atoms with Gasteiger partial charge in [-0.3, -0.25) is 9.00 Å². The van der Waals surface area contributed by atoms with Crippen molar-refractivity contribution in [2.24, 2.45) is 0 Å². The molecule has 2 aromatic rings. The molecule has 0 aliphatic heterocycles. The number of para-hydroxylation sites is 1. The monoisotopic (exact) mass is 337 g/mol. The standard InChI is InChI=1S/C16H19NO3S2/c1-3-12-8-9-13(21-12)10-17-16(18)11-22(19)15-7-5-4-6-14(15)20-2/h4-9H,3,10-11H2,1-2H3,(H,17,18)/t22-/m1/s1. The van der Waals surface area contributed by atoms with Crippen molar-refractivity contribution in [1.82, 2.24) is 5.32 Å². The van der Waals surface area contributed by atoms with Gasteiger partial charge in [0.1, 0.15) is 11.5 Å². The van der Waals surface area contributed by atoms with E-state index in [1.54, 1.807) is 29.5 Å². The van der Waals surface area contributed by atoms with Gasteiger partial charge in [-0.25, -0.2) is 0 Å². The highest BCUT2D eigenvalue weighted by molar-refractivity contribution is 7.85. The Bertz CT molecular complexity index is 667. The molecule has 0 aliphatic rings. The summed E-state index contributed by atoms with van der Waals surface area (Å²) in [6, 6.07) is 11.1. The largest absolute Gasteiger partial charge is 0.495 e. The van der Waals surface area contributed by atoms with Crippen LogP contribution in [0.2, 0.25) is 0 Å². The predicted molar refractivity (Wildman–Crippen MR) is 89.8 cm³/mol. The zero-order valence-corrected chi connectivity index (χ0v) is 14.3. The average molecular weight is 337 g/mol. The van der Waals surface area contributed by atoms with Crippen molar-refractivity contribution in [3.05, 3.63) is 46.2 Å². The van der Waals surface area contributed by atoms with E-state index in [-0.39, 0.29) is 11.7 Å². The molecule has 0 unspecified atom stereocenters. The lowest BCUT2D eigenvalue weighted by Crippen LogP contribution is -2.27. The molecule has 0 spiro atoms. The highest BCUT2D eigenvalue weighted by atomic mass is 32.2. The van der Waals surface area contributed by atoms with Gasteiger partial charge < -0.3 is 10.1 Å². The van der Waals surface area contributed by atoms with Gasteiger partial charge in [0.15, 0.2) is 0 Å². The molecule has 1 amide bonds. The predicted octanol–water partition coefficient (Wildman–Crippen LogP) is 2.74. The van der Waals surface area contributed by atoms with E-state index in [2.05, 4.69) is 18.3 Å². The smallest absolute Gasteiger partial charge is 0.233 e. The first-order valence-corrected chi connectivity index (χ1v) is 9.13. The molecule has 22 heavy (non-hydrogen) atoms. The van der Waals surface area contributed by atoms with Crippen LogP contribution < -0.4 is 10.1 Å². The second kappa shape index (κ2) is 8.10. The van der Waals surface area contributed by atoms with Crippen LogP contribution in [0.4, 0.5) is 0 Å². The lowest BCUT2D eigenvalue weighted by molar-refractivity contribution is -0.118. The Morgan fingerprint density at radius 2 is 1.95 bits per heavy atom. The summed E-state index contributed by atoms with van der Waals surface area (Å²) >= 11 is 1.69. The van der Waals surface area contributed by atoms with Crippen molar-refractivity contribution in [3.8, 4) is 5.75 Å². The van der Waals surface area contributed by atoms with Crippen LogP contribution in [0.5, 0.6) is 5.75 Å². The van der Waals surface area contributed by atoms with Crippen molar-refractivity contribution >= 4 is 28.0 Å². The third kappa shape index (κ3) is 4.42. The molecule has 6 heteroatoms. The van der Waals surface area contributed by atoms with E-state index in [0.717, 1.165) is 11.3 Å². The third-order valence-corrected chi connectivity index (χ3v) is 5.68. The molecule has 0 radical (unpaired) electrons. The van der Waals surface area contributed by atoms with Gasteiger partial charge in [0, 0.05) is 9.75 Å². The van der Waals surface area contributed by atoms with Gasteiger partial charge in [-0.2, -0.15) is 0 Å². The van der Waals surface area contributed by atoms with Crippen molar-refractivity contribution in [2.75, 3.05) is 12.9 Å². The van der Waals surface area contributed by atoms with E-state index in [4.69, 9.17) is 4.74 Å². The molecule has 1 N–H and O–H groups in total. The first kappa shape index (κ1) is 16.7. The molecule has 4 nitrogen and oxygen atoms in total. The van der Waals surface area contributed by atoms with Crippen LogP contribution in [0.25, 0.3) is 0 Å². The van der Waals surface area contributed by atoms with Crippen molar-refractivity contribution in [3.63, 3.8) is 0 Å². The van der Waals surface area contributed by atoms with Crippen LogP contribution in [0.15, 0.2) is 41.3 Å². The number of thiophene rings is 1. The number of carbonyl (C=O) groups excluding carboxylic acids is 1. The van der Waals surface area contributed by atoms with E-state index in [1.807, 2.05) is 12.1 Å². The summed E-state index contributed by atoms with van der Waals surface area (Å²) in [4.78, 5) is 14.9. The van der Waals surface area contributed by atoms with Crippen molar-refractivity contribution in [2.45, 2.75) is 24.8 Å². The number of amides is 1. The third-order valence-electron chi connectivity index (χ3n) is 3.10. The zero-order valence-electron chi connectivity index (χ0n) is 12.6. The maximum atomic E-state index is 12.3. The summed E-state index contributed by atoms with van der Waals surface area (Å²) in [5.74, 6) is 0.252. The second-order valence-electron chi connectivity index (χ2n) is 4.64. The van der Waals surface area contributed by atoms with Crippen LogP contribution in [0.3, 0.4) is 0 Å². The molecule has 2 rings (SSSR count). The topological polar surface area (TPSA) is 55.4 Å². The first-order valence-electron chi connectivity index (χ1n) is 6.99. The van der Waals surface area contributed by atoms with Crippen LogP contribution in [-0.4, -0.2) is 23.0 Å². The van der Waals surface area contributed by atoms with Gasteiger partial charge in [0.2, 0.25) is 5.91 Å². The van der Waals surface area contributed by atoms with Crippen LogP contribution in [0.1, 0.15) is 16.7 Å². The molecule has 0 saturated carbocycles. The van der Waals surface area contributed by atoms with E-state index in [9.17, 15) is 9.00 Å². The summed E-state index contributed by atoms with van der Waals surface area (Å²) in [7, 11) is 0.113. The van der Waals surface area contributed by atoms with E-state index in [0.29, 0.717) is 17.2 Å². The Kier molecular flexibility index (Phi) is 6.15. The lowest BCUT2D eigenvalue weighted by atomic mass is 10.3. The fraction of sp³-hybridized carbons (Fsp3) is 0.312. The molecule has 118 valence electrons. The molecule has 0 fully saturated rings. The highest BCUT2D eigenvalue weighted by Gasteiger charge is 2.14. The molecule has 1 heterocycles. The fourth-order valence-electron chi connectivity index (χ4n) is 1.95. The second-order valence-corrected chi connectivity index (χ2v) is 7.31. The van der Waals surface area contributed by atoms with Crippen LogP contribution in [-0.2, 0) is 28.6 Å². The molecule has 0 bridgehead atoms. The van der Waals surface area contributed by atoms with Crippen LogP contribution >= 0.6 is 11.3 Å². The number of hydrogen-bond donors (Lipinski definition) is 1. The molecular formula is C16H19NO3S2. The van der Waals surface area contributed by atoms with Crippen molar-refractivity contribution < 1.29 is 13.7 Å². The maximum Gasteiger partial charge on any atom is 0.233 e. The number of ether oxygens (including phenoxy) is 1. The van der Waals surface area contributed by atoms with E-state index < -0.39 is 10.8 Å². The minimum Gasteiger partial charge on any atom is -0.495 e. The number of hydrogen-bond acceptors (Lipinski definition) is 4. The molecule has 1 aromatic heterocycles. The number of rotatable bonds is 7. The summed E-state index contributed by atoms with van der Waals surface area (Å²) in [6.45, 7) is 2.58. The number of carbonyl (C=O) groups is 1. The van der Waals surface area contributed by atoms with Gasteiger partial charge in [-0.15, -0.1) is 11.3 Å². The minimum atomic E-state index is -1.41. The molecular weight excluding hydrogens is 318 g/mol. The maximum absolute atomic E-state index is 12.3. The molecule has 0 saturated heterocycles. The summed E-state index contributed by atoms with van der Waals surface area (Å²) in [5, 5.41) is 2.81. The van der Waals surface area contributed by atoms with Gasteiger partial charge in [0.05, 0.1) is 29.3 Å². The Labute approximate surface area is 137 Å². The van der Waals surface area contributed by atoms with Gasteiger partial charge in [0.25, 0.3) is 0 Å². The molecule has 1 atom stereocenters. The average Bonchev–Trinajstić information content (AvgIpc) is 3.01. The number of nitrogens with one attached hydrogen (secondary N) is 1.